The number of nitrogens with one attached hydrogen (secondary N) is 2. The number of nitrogens with two attached hydrogens (primary N) is 1. The fourth-order valence-corrected chi connectivity index (χ4v) is 3.63. The fraction of sp³-hybridized carbons (Fsp3) is 0.455. The predicted octanol–water partition coefficient (Wildman–Crippen LogP) is 1.61. The first-order valence-electron chi connectivity index (χ1n) is 5.73. The third kappa shape index (κ3) is 3.79. The van der Waals surface area contributed by atoms with Crippen molar-refractivity contribution < 1.29 is 8.42 Å². The SMILES string of the molecule is CC1SCCC1Nc1cccc(NS(N)(=O)=O)c1. The highest BCUT2D eigenvalue weighted by Crippen LogP contribution is 2.29. The molecule has 18 heavy (non-hydrogen) atoms. The summed E-state index contributed by atoms with van der Waals surface area (Å²) in [7, 11) is -3.71. The molecule has 0 aromatic heterocycles. The Bertz CT molecular complexity index is 519. The van der Waals surface area contributed by atoms with Crippen LogP contribution in [0, 0.1) is 0 Å². The Morgan fingerprint density at radius 3 is 2.72 bits per heavy atom. The first kappa shape index (κ1) is 13.5. The molecular formula is C11H17N3O2S2. The van der Waals surface area contributed by atoms with Crippen LogP contribution < -0.4 is 15.2 Å². The van der Waals surface area contributed by atoms with Gasteiger partial charge >= 0.3 is 0 Å². The lowest BCUT2D eigenvalue weighted by molar-refractivity contribution is 0.603. The molecule has 0 radical (unpaired) electrons. The first-order chi connectivity index (χ1) is 8.44. The lowest BCUT2D eigenvalue weighted by Gasteiger charge is -2.18. The second-order valence-corrected chi connectivity index (χ2v) is 7.12. The van der Waals surface area contributed by atoms with Crippen LogP contribution in [0.5, 0.6) is 0 Å². The smallest absolute Gasteiger partial charge is 0.296 e. The molecule has 100 valence electrons. The maximum atomic E-state index is 11.0. The molecule has 2 rings (SSSR count). The van der Waals surface area contributed by atoms with E-state index >= 15 is 0 Å². The van der Waals surface area contributed by atoms with Gasteiger partial charge in [0.2, 0.25) is 0 Å². The Morgan fingerprint density at radius 2 is 2.11 bits per heavy atom. The summed E-state index contributed by atoms with van der Waals surface area (Å²) < 4.78 is 24.2. The fourth-order valence-electron chi connectivity index (χ4n) is 1.97. The number of hydrogen-bond donors (Lipinski definition) is 3. The highest BCUT2D eigenvalue weighted by atomic mass is 32.2. The van der Waals surface area contributed by atoms with Crippen molar-refractivity contribution in [2.24, 2.45) is 5.14 Å². The van der Waals surface area contributed by atoms with E-state index in [4.69, 9.17) is 5.14 Å². The van der Waals surface area contributed by atoms with Crippen LogP contribution in [0.3, 0.4) is 0 Å². The number of benzene rings is 1. The minimum atomic E-state index is -3.71. The first-order valence-corrected chi connectivity index (χ1v) is 8.32. The molecule has 0 aliphatic carbocycles. The van der Waals surface area contributed by atoms with Crippen LogP contribution in [0.4, 0.5) is 11.4 Å². The van der Waals surface area contributed by atoms with Crippen molar-refractivity contribution in [3.63, 3.8) is 0 Å². The third-order valence-corrected chi connectivity index (χ3v) is 4.70. The number of thioether (sulfide) groups is 1. The summed E-state index contributed by atoms with van der Waals surface area (Å²) in [5, 5.41) is 8.93. The van der Waals surface area contributed by atoms with E-state index in [1.165, 1.54) is 0 Å². The Kier molecular flexibility index (Phi) is 4.04. The second kappa shape index (κ2) is 5.38. The molecular weight excluding hydrogens is 270 g/mol. The molecule has 1 saturated heterocycles. The number of hydrogen-bond acceptors (Lipinski definition) is 4. The lowest BCUT2D eigenvalue weighted by atomic mass is 10.1. The van der Waals surface area contributed by atoms with Crippen molar-refractivity contribution in [2.45, 2.75) is 24.6 Å². The molecule has 1 aromatic carbocycles. The topological polar surface area (TPSA) is 84.2 Å². The lowest BCUT2D eigenvalue weighted by Crippen LogP contribution is -2.25. The van der Waals surface area contributed by atoms with Gasteiger partial charge in [-0.15, -0.1) is 0 Å². The van der Waals surface area contributed by atoms with Crippen LogP contribution in [0.15, 0.2) is 24.3 Å². The van der Waals surface area contributed by atoms with E-state index in [1.807, 2.05) is 17.8 Å². The van der Waals surface area contributed by atoms with E-state index in [1.54, 1.807) is 18.2 Å². The largest absolute Gasteiger partial charge is 0.381 e. The van der Waals surface area contributed by atoms with E-state index in [9.17, 15) is 8.42 Å². The van der Waals surface area contributed by atoms with E-state index in [-0.39, 0.29) is 0 Å². The maximum absolute atomic E-state index is 11.0. The molecule has 1 aliphatic heterocycles. The van der Waals surface area contributed by atoms with Gasteiger partial charge in [0.25, 0.3) is 10.2 Å². The van der Waals surface area contributed by atoms with Crippen LogP contribution in [-0.2, 0) is 10.2 Å². The van der Waals surface area contributed by atoms with Crippen molar-refractivity contribution in [2.75, 3.05) is 15.8 Å². The van der Waals surface area contributed by atoms with Gasteiger partial charge in [-0.25, -0.2) is 5.14 Å². The van der Waals surface area contributed by atoms with Gasteiger partial charge in [-0.05, 0) is 30.4 Å². The van der Waals surface area contributed by atoms with Gasteiger partial charge < -0.3 is 5.32 Å². The van der Waals surface area contributed by atoms with Crippen molar-refractivity contribution >= 4 is 33.3 Å². The molecule has 1 heterocycles. The van der Waals surface area contributed by atoms with Crippen LogP contribution >= 0.6 is 11.8 Å². The standard InChI is InChI=1S/C11H17N3O2S2/c1-8-11(5-6-17-8)13-9-3-2-4-10(7-9)14-18(12,15)16/h2-4,7-8,11,13-14H,5-6H2,1H3,(H2,12,15,16). The van der Waals surface area contributed by atoms with Crippen LogP contribution in [-0.4, -0.2) is 25.5 Å². The summed E-state index contributed by atoms with van der Waals surface area (Å²) in [6.07, 6.45) is 1.12. The van der Waals surface area contributed by atoms with Crippen molar-refractivity contribution in [1.82, 2.24) is 0 Å². The minimum absolute atomic E-state index is 0.430. The molecule has 0 bridgehead atoms. The summed E-state index contributed by atoms with van der Waals surface area (Å²) in [6.45, 7) is 2.20. The molecule has 1 aromatic rings. The molecule has 4 N–H and O–H groups in total. The highest BCUT2D eigenvalue weighted by molar-refractivity contribution is 8.00. The van der Waals surface area contributed by atoms with Crippen LogP contribution in [0.2, 0.25) is 0 Å². The van der Waals surface area contributed by atoms with Gasteiger partial charge in [-0.2, -0.15) is 20.2 Å². The monoisotopic (exact) mass is 287 g/mol. The predicted molar refractivity (Wildman–Crippen MR) is 77.1 cm³/mol. The maximum Gasteiger partial charge on any atom is 0.296 e. The molecule has 0 saturated carbocycles. The van der Waals surface area contributed by atoms with E-state index < -0.39 is 10.2 Å². The summed E-state index contributed by atoms with van der Waals surface area (Å²) in [5.74, 6) is 1.16. The zero-order chi connectivity index (χ0) is 13.2. The van der Waals surface area contributed by atoms with Gasteiger partial charge in [0.05, 0.1) is 5.69 Å². The molecule has 5 nitrogen and oxygen atoms in total. The zero-order valence-corrected chi connectivity index (χ0v) is 11.7. The molecule has 2 atom stereocenters. The van der Waals surface area contributed by atoms with E-state index in [0.717, 1.165) is 17.9 Å². The van der Waals surface area contributed by atoms with Gasteiger partial charge in [0.15, 0.2) is 0 Å². The Morgan fingerprint density at radius 1 is 1.39 bits per heavy atom. The molecule has 0 spiro atoms. The van der Waals surface area contributed by atoms with Gasteiger partial charge in [0, 0.05) is 17.0 Å². The van der Waals surface area contributed by atoms with Crippen molar-refractivity contribution in [3.8, 4) is 0 Å². The van der Waals surface area contributed by atoms with Crippen molar-refractivity contribution in [3.05, 3.63) is 24.3 Å². The molecule has 2 unspecified atom stereocenters. The summed E-state index contributed by atoms with van der Waals surface area (Å²) in [5.41, 5.74) is 1.38. The molecule has 0 amide bonds. The average Bonchev–Trinajstić information content (AvgIpc) is 2.62. The van der Waals surface area contributed by atoms with Gasteiger partial charge in [0.1, 0.15) is 0 Å². The Labute approximate surface area is 112 Å². The molecule has 1 aliphatic rings. The summed E-state index contributed by atoms with van der Waals surface area (Å²) >= 11 is 1.94. The summed E-state index contributed by atoms with van der Waals surface area (Å²) in [6, 6.07) is 7.56. The van der Waals surface area contributed by atoms with Crippen LogP contribution in [0.25, 0.3) is 0 Å². The quantitative estimate of drug-likeness (QED) is 0.785. The highest BCUT2D eigenvalue weighted by Gasteiger charge is 2.23. The Hall–Kier alpha value is -0.920. The molecule has 7 heteroatoms. The van der Waals surface area contributed by atoms with E-state index in [0.29, 0.717) is 17.0 Å². The van der Waals surface area contributed by atoms with Gasteiger partial charge in [-0.1, -0.05) is 13.0 Å². The zero-order valence-electron chi connectivity index (χ0n) is 10.1. The minimum Gasteiger partial charge on any atom is -0.381 e. The molecule has 1 fully saturated rings. The van der Waals surface area contributed by atoms with Crippen molar-refractivity contribution in [1.29, 1.82) is 0 Å². The van der Waals surface area contributed by atoms with Crippen LogP contribution in [0.1, 0.15) is 13.3 Å². The van der Waals surface area contributed by atoms with E-state index in [2.05, 4.69) is 17.0 Å². The number of anilines is 2. The average molecular weight is 287 g/mol. The number of rotatable bonds is 4. The third-order valence-electron chi connectivity index (χ3n) is 2.85. The normalized spacial score (nSPS) is 23.9. The summed E-state index contributed by atoms with van der Waals surface area (Å²) in [4.78, 5) is 0. The Balaban J connectivity index is 2.07. The second-order valence-electron chi connectivity index (χ2n) is 4.34. The van der Waals surface area contributed by atoms with Gasteiger partial charge in [-0.3, -0.25) is 4.72 Å².